The Morgan fingerprint density at radius 2 is 2.12 bits per heavy atom. The van der Waals surface area contributed by atoms with Crippen molar-refractivity contribution in [2.45, 2.75) is 26.7 Å². The highest BCUT2D eigenvalue weighted by Crippen LogP contribution is 2.14. The van der Waals surface area contributed by atoms with Gasteiger partial charge in [0.2, 0.25) is 0 Å². The lowest BCUT2D eigenvalue weighted by molar-refractivity contribution is 0.811. The van der Waals surface area contributed by atoms with Gasteiger partial charge in [0.15, 0.2) is 5.82 Å². The average molecular weight is 218 g/mol. The van der Waals surface area contributed by atoms with Crippen molar-refractivity contribution in [2.75, 3.05) is 11.9 Å². The van der Waals surface area contributed by atoms with E-state index < -0.39 is 0 Å². The Bertz CT molecular complexity index is 379. The Labute approximate surface area is 96.8 Å². The fourth-order valence-electron chi connectivity index (χ4n) is 1.25. The lowest BCUT2D eigenvalue weighted by atomic mass is 10.1. The van der Waals surface area contributed by atoms with Crippen molar-refractivity contribution in [1.82, 2.24) is 9.97 Å². The van der Waals surface area contributed by atoms with Crippen molar-refractivity contribution < 1.29 is 0 Å². The Hall–Kier alpha value is -1.71. The molecule has 86 valence electrons. The van der Waals surface area contributed by atoms with Crippen LogP contribution in [-0.2, 0) is 0 Å². The maximum absolute atomic E-state index is 4.36. The van der Waals surface area contributed by atoms with Crippen LogP contribution in [0.4, 0.5) is 5.82 Å². The summed E-state index contributed by atoms with van der Waals surface area (Å²) >= 11 is 0. The van der Waals surface area contributed by atoms with Gasteiger partial charge in [-0.3, -0.25) is 14.9 Å². The van der Waals surface area contributed by atoms with Gasteiger partial charge in [-0.2, -0.15) is 0 Å². The van der Waals surface area contributed by atoms with Gasteiger partial charge < -0.3 is 0 Å². The number of aromatic nitrogens is 2. The van der Waals surface area contributed by atoms with Crippen LogP contribution in [0.5, 0.6) is 0 Å². The van der Waals surface area contributed by atoms with Gasteiger partial charge in [0.05, 0.1) is 18.1 Å². The van der Waals surface area contributed by atoms with E-state index in [1.165, 1.54) is 0 Å². The summed E-state index contributed by atoms with van der Waals surface area (Å²) in [6.07, 6.45) is 5.21. The molecule has 4 nitrogen and oxygen atoms in total. The van der Waals surface area contributed by atoms with Gasteiger partial charge in [-0.05, 0) is 12.8 Å². The quantitative estimate of drug-likeness (QED) is 0.578. The minimum absolute atomic E-state index is 0.389. The van der Waals surface area contributed by atoms with E-state index in [4.69, 9.17) is 0 Å². The van der Waals surface area contributed by atoms with Crippen molar-refractivity contribution in [3.05, 3.63) is 30.9 Å². The van der Waals surface area contributed by atoms with E-state index in [1.54, 1.807) is 30.5 Å². The van der Waals surface area contributed by atoms with Crippen LogP contribution in [0, 0.1) is 0 Å². The summed E-state index contributed by atoms with van der Waals surface area (Å²) in [6, 6.07) is 0. The SMILES string of the molecule is C=CN(/C(C)=N\C)c1cnc(C(C)C)cn1. The average Bonchev–Trinajstić information content (AvgIpc) is 2.30. The summed E-state index contributed by atoms with van der Waals surface area (Å²) in [5.41, 5.74) is 0.985. The molecule has 0 aliphatic heterocycles. The smallest absolute Gasteiger partial charge is 0.156 e. The van der Waals surface area contributed by atoms with E-state index in [0.29, 0.717) is 5.92 Å². The molecule has 0 aliphatic carbocycles. The summed E-state index contributed by atoms with van der Waals surface area (Å²) in [7, 11) is 1.74. The molecule has 0 N–H and O–H groups in total. The van der Waals surface area contributed by atoms with Crippen LogP contribution in [0.15, 0.2) is 30.2 Å². The second-order valence-corrected chi connectivity index (χ2v) is 3.78. The summed E-state index contributed by atoms with van der Waals surface area (Å²) in [5.74, 6) is 1.96. The summed E-state index contributed by atoms with van der Waals surface area (Å²) < 4.78 is 0. The highest BCUT2D eigenvalue weighted by molar-refractivity contribution is 5.96. The third-order valence-electron chi connectivity index (χ3n) is 2.35. The van der Waals surface area contributed by atoms with Crippen LogP contribution in [0.1, 0.15) is 32.4 Å². The molecular formula is C12H18N4. The maximum atomic E-state index is 4.36. The van der Waals surface area contributed by atoms with Crippen molar-refractivity contribution in [3.8, 4) is 0 Å². The number of hydrogen-bond acceptors (Lipinski definition) is 3. The Kier molecular flexibility index (Phi) is 4.17. The third kappa shape index (κ3) is 2.66. The van der Waals surface area contributed by atoms with Gasteiger partial charge in [0.1, 0.15) is 5.84 Å². The Balaban J connectivity index is 3.00. The molecular weight excluding hydrogens is 200 g/mol. The first kappa shape index (κ1) is 12.4. The molecule has 1 rings (SSSR count). The predicted octanol–water partition coefficient (Wildman–Crippen LogP) is 2.60. The van der Waals surface area contributed by atoms with Crippen LogP contribution < -0.4 is 4.90 Å². The molecule has 0 amide bonds. The highest BCUT2D eigenvalue weighted by atomic mass is 15.2. The second-order valence-electron chi connectivity index (χ2n) is 3.78. The van der Waals surface area contributed by atoms with Crippen molar-refractivity contribution in [2.24, 2.45) is 4.99 Å². The highest BCUT2D eigenvalue weighted by Gasteiger charge is 2.08. The van der Waals surface area contributed by atoms with Crippen molar-refractivity contribution in [3.63, 3.8) is 0 Å². The lowest BCUT2D eigenvalue weighted by Crippen LogP contribution is -2.23. The number of anilines is 1. The molecule has 0 saturated heterocycles. The van der Waals surface area contributed by atoms with Crippen LogP contribution in [-0.4, -0.2) is 22.9 Å². The first-order valence-electron chi connectivity index (χ1n) is 5.27. The molecule has 0 atom stereocenters. The molecule has 0 spiro atoms. The van der Waals surface area contributed by atoms with E-state index in [2.05, 4.69) is 35.4 Å². The van der Waals surface area contributed by atoms with E-state index >= 15 is 0 Å². The van der Waals surface area contributed by atoms with Crippen LogP contribution in [0.25, 0.3) is 0 Å². The Morgan fingerprint density at radius 3 is 2.50 bits per heavy atom. The number of hydrogen-bond donors (Lipinski definition) is 0. The standard InChI is InChI=1S/C12H18N4/c1-6-16(10(4)13-5)12-8-14-11(7-15-12)9(2)3/h6-9H,1H2,2-5H3/b13-10-. The van der Waals surface area contributed by atoms with Gasteiger partial charge in [-0.1, -0.05) is 20.4 Å². The van der Waals surface area contributed by atoms with Gasteiger partial charge >= 0.3 is 0 Å². The fourth-order valence-corrected chi connectivity index (χ4v) is 1.25. The summed E-state index contributed by atoms with van der Waals surface area (Å²) in [4.78, 5) is 14.6. The van der Waals surface area contributed by atoms with E-state index in [-0.39, 0.29) is 0 Å². The number of nitrogens with zero attached hydrogens (tertiary/aromatic N) is 4. The second kappa shape index (κ2) is 5.39. The van der Waals surface area contributed by atoms with Crippen molar-refractivity contribution in [1.29, 1.82) is 0 Å². The lowest BCUT2D eigenvalue weighted by Gasteiger charge is -2.17. The molecule has 0 radical (unpaired) electrons. The molecule has 0 bridgehead atoms. The maximum Gasteiger partial charge on any atom is 0.156 e. The molecule has 0 aromatic carbocycles. The molecule has 4 heteroatoms. The zero-order valence-electron chi connectivity index (χ0n) is 10.3. The van der Waals surface area contributed by atoms with E-state index in [0.717, 1.165) is 17.3 Å². The Morgan fingerprint density at radius 1 is 1.44 bits per heavy atom. The summed E-state index contributed by atoms with van der Waals surface area (Å²) in [6.45, 7) is 9.83. The monoisotopic (exact) mass is 218 g/mol. The molecule has 1 aromatic rings. The fraction of sp³-hybridized carbons (Fsp3) is 0.417. The number of aliphatic imine (C=N–C) groups is 1. The van der Waals surface area contributed by atoms with Gasteiger partial charge in [-0.15, -0.1) is 0 Å². The normalized spacial score (nSPS) is 11.7. The van der Waals surface area contributed by atoms with E-state index in [1.807, 2.05) is 6.92 Å². The summed E-state index contributed by atoms with van der Waals surface area (Å²) in [5, 5.41) is 0. The largest absolute Gasteiger partial charge is 0.289 e. The third-order valence-corrected chi connectivity index (χ3v) is 2.35. The van der Waals surface area contributed by atoms with Gasteiger partial charge in [0.25, 0.3) is 0 Å². The first-order chi connectivity index (χ1) is 7.60. The van der Waals surface area contributed by atoms with Gasteiger partial charge in [-0.25, -0.2) is 4.98 Å². The first-order valence-corrected chi connectivity index (χ1v) is 5.27. The minimum atomic E-state index is 0.389. The molecule has 0 unspecified atom stereocenters. The zero-order chi connectivity index (χ0) is 12.1. The zero-order valence-corrected chi connectivity index (χ0v) is 10.3. The predicted molar refractivity (Wildman–Crippen MR) is 67.8 cm³/mol. The number of rotatable bonds is 3. The van der Waals surface area contributed by atoms with Gasteiger partial charge in [0, 0.05) is 13.2 Å². The molecule has 1 heterocycles. The minimum Gasteiger partial charge on any atom is -0.289 e. The molecule has 0 fully saturated rings. The van der Waals surface area contributed by atoms with Crippen LogP contribution >= 0.6 is 0 Å². The molecule has 1 aromatic heterocycles. The van der Waals surface area contributed by atoms with Crippen LogP contribution in [0.2, 0.25) is 0 Å². The van der Waals surface area contributed by atoms with Crippen LogP contribution in [0.3, 0.4) is 0 Å². The molecule has 16 heavy (non-hydrogen) atoms. The molecule has 0 aliphatic rings. The van der Waals surface area contributed by atoms with Crippen molar-refractivity contribution >= 4 is 11.7 Å². The number of amidine groups is 1. The molecule has 0 saturated carbocycles. The topological polar surface area (TPSA) is 41.4 Å². The van der Waals surface area contributed by atoms with E-state index in [9.17, 15) is 0 Å².